The zero-order valence-electron chi connectivity index (χ0n) is 6.89. The molecule has 0 aromatic rings. The van der Waals surface area contributed by atoms with Crippen molar-refractivity contribution in [3.05, 3.63) is 0 Å². The van der Waals surface area contributed by atoms with Crippen molar-refractivity contribution >= 4 is 11.4 Å². The first-order chi connectivity index (χ1) is 4.79. The third kappa shape index (κ3) is 1.11. The third-order valence-electron chi connectivity index (χ3n) is 2.03. The quantitative estimate of drug-likeness (QED) is 0.559. The van der Waals surface area contributed by atoms with Crippen molar-refractivity contribution in [2.24, 2.45) is 16.1 Å². The second-order valence-corrected chi connectivity index (χ2v) is 2.61. The Morgan fingerprint density at radius 2 is 1.50 bits per heavy atom. The molecule has 0 saturated heterocycles. The highest BCUT2D eigenvalue weighted by atomic mass is 15.2. The summed E-state index contributed by atoms with van der Waals surface area (Å²) in [5, 5.41) is 8.18. The highest BCUT2D eigenvalue weighted by Crippen LogP contribution is 2.14. The Bertz CT molecular complexity index is 160. The van der Waals surface area contributed by atoms with Gasteiger partial charge < -0.3 is 0 Å². The maximum absolute atomic E-state index is 4.09. The van der Waals surface area contributed by atoms with Gasteiger partial charge in [-0.05, 0) is 12.8 Å². The van der Waals surface area contributed by atoms with Crippen molar-refractivity contribution in [3.8, 4) is 0 Å². The second kappa shape index (κ2) is 2.95. The van der Waals surface area contributed by atoms with Crippen molar-refractivity contribution in [1.82, 2.24) is 0 Å². The molecule has 0 bridgehead atoms. The number of nitrogens with zero attached hydrogens (tertiary/aromatic N) is 2. The Balaban J connectivity index is 2.62. The molecule has 0 unspecified atom stereocenters. The van der Waals surface area contributed by atoms with Crippen molar-refractivity contribution < 1.29 is 0 Å². The summed E-state index contributed by atoms with van der Waals surface area (Å²) in [6.45, 7) is 6.44. The van der Waals surface area contributed by atoms with Crippen LogP contribution >= 0.6 is 0 Å². The molecular weight excluding hydrogens is 124 g/mol. The zero-order chi connectivity index (χ0) is 7.56. The Kier molecular flexibility index (Phi) is 2.20. The van der Waals surface area contributed by atoms with Gasteiger partial charge in [0.2, 0.25) is 0 Å². The van der Waals surface area contributed by atoms with Gasteiger partial charge in [-0.2, -0.15) is 10.2 Å². The lowest BCUT2D eigenvalue weighted by Gasteiger charge is -2.04. The summed E-state index contributed by atoms with van der Waals surface area (Å²) in [6.07, 6.45) is 2.07. The van der Waals surface area contributed by atoms with E-state index in [1.54, 1.807) is 0 Å². The second-order valence-electron chi connectivity index (χ2n) is 2.61. The fraction of sp³-hybridized carbons (Fsp3) is 0.750. The molecule has 0 radical (unpaired) electrons. The van der Waals surface area contributed by atoms with Gasteiger partial charge in [0.15, 0.2) is 0 Å². The molecule has 1 heterocycles. The first kappa shape index (κ1) is 7.45. The topological polar surface area (TPSA) is 24.7 Å². The molecule has 0 spiro atoms. The van der Waals surface area contributed by atoms with Crippen LogP contribution in [0.3, 0.4) is 0 Å². The van der Waals surface area contributed by atoms with E-state index in [-0.39, 0.29) is 0 Å². The molecule has 1 aliphatic rings. The van der Waals surface area contributed by atoms with E-state index in [1.807, 2.05) is 0 Å². The van der Waals surface area contributed by atoms with E-state index in [4.69, 9.17) is 0 Å². The molecule has 56 valence electrons. The Hall–Kier alpha value is -0.660. The van der Waals surface area contributed by atoms with E-state index in [0.29, 0.717) is 5.92 Å². The van der Waals surface area contributed by atoms with Gasteiger partial charge in [0.05, 0.1) is 0 Å². The van der Waals surface area contributed by atoms with E-state index in [0.717, 1.165) is 12.8 Å². The zero-order valence-corrected chi connectivity index (χ0v) is 6.89. The van der Waals surface area contributed by atoms with E-state index < -0.39 is 0 Å². The molecule has 1 aliphatic heterocycles. The summed E-state index contributed by atoms with van der Waals surface area (Å²) in [5.41, 5.74) is 2.47. The van der Waals surface area contributed by atoms with Gasteiger partial charge in [0.25, 0.3) is 0 Å². The minimum atomic E-state index is 0.509. The SMILES string of the molecule is CCC1=NN=C(CC)C1C. The van der Waals surface area contributed by atoms with E-state index in [9.17, 15) is 0 Å². The molecule has 0 atom stereocenters. The molecule has 2 heteroatoms. The molecule has 1 rings (SSSR count). The van der Waals surface area contributed by atoms with Gasteiger partial charge in [0.1, 0.15) is 0 Å². The van der Waals surface area contributed by atoms with Crippen LogP contribution in [0.25, 0.3) is 0 Å². The third-order valence-corrected chi connectivity index (χ3v) is 2.03. The van der Waals surface area contributed by atoms with Crippen LogP contribution in [0.2, 0.25) is 0 Å². The van der Waals surface area contributed by atoms with Gasteiger partial charge in [-0.25, -0.2) is 0 Å². The fourth-order valence-corrected chi connectivity index (χ4v) is 1.25. The van der Waals surface area contributed by atoms with Gasteiger partial charge in [-0.1, -0.05) is 20.8 Å². The van der Waals surface area contributed by atoms with Crippen LogP contribution in [0.15, 0.2) is 10.2 Å². The lowest BCUT2D eigenvalue weighted by atomic mass is 9.97. The number of hydrogen-bond acceptors (Lipinski definition) is 2. The van der Waals surface area contributed by atoms with Crippen LogP contribution in [-0.2, 0) is 0 Å². The normalized spacial score (nSPS) is 19.1. The van der Waals surface area contributed by atoms with Gasteiger partial charge in [-0.3, -0.25) is 0 Å². The average molecular weight is 138 g/mol. The van der Waals surface area contributed by atoms with Gasteiger partial charge >= 0.3 is 0 Å². The van der Waals surface area contributed by atoms with Crippen molar-refractivity contribution in [3.63, 3.8) is 0 Å². The molecule has 2 nitrogen and oxygen atoms in total. The summed E-state index contributed by atoms with van der Waals surface area (Å²) < 4.78 is 0. The molecule has 0 aromatic carbocycles. The van der Waals surface area contributed by atoms with Crippen LogP contribution in [0, 0.1) is 5.92 Å². The maximum atomic E-state index is 4.09. The predicted molar refractivity (Wildman–Crippen MR) is 44.6 cm³/mol. The van der Waals surface area contributed by atoms with Crippen molar-refractivity contribution in [1.29, 1.82) is 0 Å². The molecule has 0 fully saturated rings. The largest absolute Gasteiger partial charge is 0.159 e. The van der Waals surface area contributed by atoms with Crippen molar-refractivity contribution in [2.75, 3.05) is 0 Å². The van der Waals surface area contributed by atoms with Crippen LogP contribution in [0.1, 0.15) is 33.6 Å². The molecule has 0 N–H and O–H groups in total. The monoisotopic (exact) mass is 138 g/mol. The molecule has 0 aromatic heterocycles. The molecule has 10 heavy (non-hydrogen) atoms. The summed E-state index contributed by atoms with van der Waals surface area (Å²) >= 11 is 0. The van der Waals surface area contributed by atoms with Crippen molar-refractivity contribution in [2.45, 2.75) is 33.6 Å². The fourth-order valence-electron chi connectivity index (χ4n) is 1.25. The Labute approximate surface area is 62.0 Å². The lowest BCUT2D eigenvalue weighted by Crippen LogP contribution is -2.14. The molecular formula is C8H14N2. The van der Waals surface area contributed by atoms with E-state index in [1.165, 1.54) is 11.4 Å². The molecule has 0 amide bonds. The van der Waals surface area contributed by atoms with Crippen LogP contribution in [-0.4, -0.2) is 11.4 Å². The minimum Gasteiger partial charge on any atom is -0.159 e. The summed E-state index contributed by atoms with van der Waals surface area (Å²) in [6, 6.07) is 0. The summed E-state index contributed by atoms with van der Waals surface area (Å²) in [4.78, 5) is 0. The van der Waals surface area contributed by atoms with E-state index in [2.05, 4.69) is 31.0 Å². The minimum absolute atomic E-state index is 0.509. The standard InChI is InChI=1S/C8H14N2/c1-4-7-6(3)8(5-2)10-9-7/h6H,4-5H2,1-3H3. The van der Waals surface area contributed by atoms with E-state index >= 15 is 0 Å². The Morgan fingerprint density at radius 3 is 1.70 bits per heavy atom. The highest BCUT2D eigenvalue weighted by Gasteiger charge is 2.18. The lowest BCUT2D eigenvalue weighted by molar-refractivity contribution is 1.00. The van der Waals surface area contributed by atoms with Gasteiger partial charge in [0, 0.05) is 17.3 Å². The first-order valence-corrected chi connectivity index (χ1v) is 3.92. The smallest absolute Gasteiger partial charge is 0.0488 e. The number of hydrogen-bond donors (Lipinski definition) is 0. The van der Waals surface area contributed by atoms with Crippen LogP contribution in [0.5, 0.6) is 0 Å². The summed E-state index contributed by atoms with van der Waals surface area (Å²) in [5.74, 6) is 0.509. The summed E-state index contributed by atoms with van der Waals surface area (Å²) in [7, 11) is 0. The van der Waals surface area contributed by atoms with Gasteiger partial charge in [-0.15, -0.1) is 0 Å². The first-order valence-electron chi connectivity index (χ1n) is 3.92. The maximum Gasteiger partial charge on any atom is 0.0488 e. The van der Waals surface area contributed by atoms with Crippen LogP contribution in [0.4, 0.5) is 0 Å². The molecule has 0 saturated carbocycles. The highest BCUT2D eigenvalue weighted by molar-refractivity contribution is 6.09. The molecule has 0 aliphatic carbocycles. The average Bonchev–Trinajstić information content (AvgIpc) is 2.30. The number of rotatable bonds is 2. The Morgan fingerprint density at radius 1 is 1.10 bits per heavy atom. The van der Waals surface area contributed by atoms with Crippen LogP contribution < -0.4 is 0 Å². The predicted octanol–water partition coefficient (Wildman–Crippen LogP) is 2.25.